The lowest BCUT2D eigenvalue weighted by atomic mass is 9.74. The predicted octanol–water partition coefficient (Wildman–Crippen LogP) is 3.73. The van der Waals surface area contributed by atoms with Crippen molar-refractivity contribution < 1.29 is 9.32 Å². The molecule has 2 unspecified atom stereocenters. The lowest BCUT2D eigenvalue weighted by molar-refractivity contribution is 0.0334. The zero-order valence-electron chi connectivity index (χ0n) is 14.2. The molecule has 0 spiro atoms. The smallest absolute Gasteiger partial charge is 0.137 e. The van der Waals surface area contributed by atoms with Gasteiger partial charge in [-0.05, 0) is 48.2 Å². The van der Waals surface area contributed by atoms with Gasteiger partial charge in [0.2, 0.25) is 0 Å². The Morgan fingerprint density at radius 1 is 1.28 bits per heavy atom. The van der Waals surface area contributed by atoms with Gasteiger partial charge in [0.25, 0.3) is 0 Å². The molecular formula is C20H22N2O2S. The standard InChI is InChI=1S/C20H22N2O2S/c1-25(24)17-9-7-16(8-10-17)20(23,13-14-4-2-5-14)18-12-15-6-3-11-21-19(15)22-18/h3,6-12,14,23H,2,4-5,13H2,1H3,(H,21,22). The average Bonchev–Trinajstić information content (AvgIpc) is 3.03. The van der Waals surface area contributed by atoms with Gasteiger partial charge in [0.15, 0.2) is 0 Å². The second-order valence-corrected chi connectivity index (χ2v) is 8.34. The number of hydrogen-bond acceptors (Lipinski definition) is 3. The molecule has 0 aliphatic heterocycles. The first kappa shape index (κ1) is 16.5. The molecular weight excluding hydrogens is 332 g/mol. The molecule has 1 saturated carbocycles. The first-order valence-electron chi connectivity index (χ1n) is 8.67. The van der Waals surface area contributed by atoms with Gasteiger partial charge in [-0.25, -0.2) is 4.98 Å². The number of aliphatic hydroxyl groups is 1. The number of rotatable bonds is 5. The van der Waals surface area contributed by atoms with Crippen LogP contribution in [-0.2, 0) is 16.4 Å². The molecule has 2 heterocycles. The van der Waals surface area contributed by atoms with Gasteiger partial charge >= 0.3 is 0 Å². The summed E-state index contributed by atoms with van der Waals surface area (Å²) in [6.45, 7) is 0. The predicted molar refractivity (Wildman–Crippen MR) is 99.8 cm³/mol. The van der Waals surface area contributed by atoms with E-state index in [9.17, 15) is 9.32 Å². The van der Waals surface area contributed by atoms with Gasteiger partial charge in [0.05, 0.1) is 5.69 Å². The van der Waals surface area contributed by atoms with Crippen molar-refractivity contribution in [2.45, 2.75) is 36.2 Å². The molecule has 0 bridgehead atoms. The average molecular weight is 354 g/mol. The van der Waals surface area contributed by atoms with Gasteiger partial charge in [-0.1, -0.05) is 31.4 Å². The quantitative estimate of drug-likeness (QED) is 0.734. The zero-order chi connectivity index (χ0) is 17.4. The van der Waals surface area contributed by atoms with E-state index in [-0.39, 0.29) is 0 Å². The Balaban J connectivity index is 1.79. The molecule has 1 fully saturated rings. The van der Waals surface area contributed by atoms with Crippen LogP contribution in [0.1, 0.15) is 36.9 Å². The van der Waals surface area contributed by atoms with Crippen LogP contribution in [0.2, 0.25) is 0 Å². The van der Waals surface area contributed by atoms with Gasteiger partial charge in [-0.2, -0.15) is 0 Å². The van der Waals surface area contributed by atoms with Crippen LogP contribution in [0, 0.1) is 5.92 Å². The summed E-state index contributed by atoms with van der Waals surface area (Å²) < 4.78 is 11.7. The highest BCUT2D eigenvalue weighted by Gasteiger charge is 2.37. The summed E-state index contributed by atoms with van der Waals surface area (Å²) in [6, 6.07) is 13.4. The van der Waals surface area contributed by atoms with E-state index in [4.69, 9.17) is 0 Å². The van der Waals surface area contributed by atoms with Crippen LogP contribution in [0.15, 0.2) is 53.6 Å². The maximum absolute atomic E-state index is 11.7. The Morgan fingerprint density at radius 3 is 2.64 bits per heavy atom. The Kier molecular flexibility index (Phi) is 4.21. The Labute approximate surface area is 149 Å². The number of aromatic nitrogens is 2. The van der Waals surface area contributed by atoms with Crippen LogP contribution < -0.4 is 0 Å². The van der Waals surface area contributed by atoms with Gasteiger partial charge in [0, 0.05) is 33.5 Å². The Bertz CT molecular complexity index is 882. The highest BCUT2D eigenvalue weighted by atomic mass is 32.2. The van der Waals surface area contributed by atoms with E-state index in [0.29, 0.717) is 12.3 Å². The van der Waals surface area contributed by atoms with E-state index in [1.807, 2.05) is 42.5 Å². The van der Waals surface area contributed by atoms with E-state index in [1.165, 1.54) is 6.42 Å². The molecule has 2 atom stereocenters. The zero-order valence-corrected chi connectivity index (χ0v) is 15.1. The van der Waals surface area contributed by atoms with E-state index in [1.54, 1.807) is 12.5 Å². The number of nitrogens with zero attached hydrogens (tertiary/aromatic N) is 1. The van der Waals surface area contributed by atoms with Crippen molar-refractivity contribution in [1.29, 1.82) is 0 Å². The molecule has 25 heavy (non-hydrogen) atoms. The van der Waals surface area contributed by atoms with Crippen molar-refractivity contribution in [3.05, 3.63) is 59.9 Å². The minimum atomic E-state index is -1.08. The second kappa shape index (κ2) is 6.39. The van der Waals surface area contributed by atoms with Crippen molar-refractivity contribution >= 4 is 21.8 Å². The summed E-state index contributed by atoms with van der Waals surface area (Å²) in [4.78, 5) is 8.43. The molecule has 0 amide bonds. The van der Waals surface area contributed by atoms with Gasteiger partial charge in [-0.15, -0.1) is 0 Å². The van der Waals surface area contributed by atoms with Crippen LogP contribution >= 0.6 is 0 Å². The topological polar surface area (TPSA) is 66.0 Å². The molecule has 4 rings (SSSR count). The largest absolute Gasteiger partial charge is 0.379 e. The summed E-state index contributed by atoms with van der Waals surface area (Å²) in [5.41, 5.74) is 1.31. The molecule has 1 aliphatic carbocycles. The molecule has 2 aromatic heterocycles. The lowest BCUT2D eigenvalue weighted by Gasteiger charge is -2.36. The van der Waals surface area contributed by atoms with Crippen molar-refractivity contribution in [1.82, 2.24) is 9.97 Å². The van der Waals surface area contributed by atoms with Crippen molar-refractivity contribution in [3.63, 3.8) is 0 Å². The van der Waals surface area contributed by atoms with Crippen LogP contribution in [0.3, 0.4) is 0 Å². The molecule has 130 valence electrons. The third kappa shape index (κ3) is 3.02. The first-order chi connectivity index (χ1) is 12.1. The number of H-pyrrole nitrogens is 1. The summed E-state index contributed by atoms with van der Waals surface area (Å²) in [7, 11) is -1.02. The van der Waals surface area contributed by atoms with Gasteiger partial charge < -0.3 is 10.1 Å². The lowest BCUT2D eigenvalue weighted by Crippen LogP contribution is -2.32. The molecule has 5 heteroatoms. The summed E-state index contributed by atoms with van der Waals surface area (Å²) in [5, 5.41) is 12.7. The van der Waals surface area contributed by atoms with Gasteiger partial charge in [0.1, 0.15) is 11.2 Å². The molecule has 0 saturated heterocycles. The molecule has 0 radical (unpaired) electrons. The maximum Gasteiger partial charge on any atom is 0.137 e. The third-order valence-corrected chi connectivity index (χ3v) is 6.25. The molecule has 1 aliphatic rings. The number of pyridine rings is 1. The number of hydrogen-bond donors (Lipinski definition) is 2. The molecule has 2 N–H and O–H groups in total. The third-order valence-electron chi connectivity index (χ3n) is 5.31. The normalized spacial score (nSPS) is 18.6. The van der Waals surface area contributed by atoms with Crippen LogP contribution in [0.4, 0.5) is 0 Å². The van der Waals surface area contributed by atoms with E-state index in [0.717, 1.165) is 40.0 Å². The highest BCUT2D eigenvalue weighted by molar-refractivity contribution is 7.84. The van der Waals surface area contributed by atoms with Crippen molar-refractivity contribution in [2.75, 3.05) is 6.26 Å². The van der Waals surface area contributed by atoms with E-state index >= 15 is 0 Å². The number of benzene rings is 1. The highest BCUT2D eigenvalue weighted by Crippen LogP contribution is 2.42. The Morgan fingerprint density at radius 2 is 2.04 bits per heavy atom. The van der Waals surface area contributed by atoms with Crippen LogP contribution in [0.25, 0.3) is 11.0 Å². The minimum absolute atomic E-state index is 0.532. The summed E-state index contributed by atoms with van der Waals surface area (Å²) in [6.07, 6.45) is 7.67. The summed E-state index contributed by atoms with van der Waals surface area (Å²) in [5.74, 6) is 0.532. The maximum atomic E-state index is 11.7. The second-order valence-electron chi connectivity index (χ2n) is 6.96. The number of fused-ring (bicyclic) bond motifs is 1. The number of aromatic amines is 1. The Hall–Kier alpha value is -1.98. The first-order valence-corrected chi connectivity index (χ1v) is 10.2. The number of nitrogens with one attached hydrogen (secondary N) is 1. The fraction of sp³-hybridized carbons (Fsp3) is 0.350. The van der Waals surface area contributed by atoms with E-state index in [2.05, 4.69) is 9.97 Å². The van der Waals surface area contributed by atoms with Crippen molar-refractivity contribution in [2.24, 2.45) is 5.92 Å². The molecule has 1 aromatic carbocycles. The van der Waals surface area contributed by atoms with Gasteiger partial charge in [-0.3, -0.25) is 4.21 Å². The van der Waals surface area contributed by atoms with E-state index < -0.39 is 16.4 Å². The molecule has 4 nitrogen and oxygen atoms in total. The monoisotopic (exact) mass is 354 g/mol. The fourth-order valence-corrected chi connectivity index (χ4v) is 4.12. The summed E-state index contributed by atoms with van der Waals surface area (Å²) >= 11 is 0. The van der Waals surface area contributed by atoms with Crippen molar-refractivity contribution in [3.8, 4) is 0 Å². The van der Waals surface area contributed by atoms with Crippen LogP contribution in [0.5, 0.6) is 0 Å². The SMILES string of the molecule is CS(=O)c1ccc(C(O)(CC2CCC2)c2cc3cccnc3[nH]2)cc1. The fourth-order valence-electron chi connectivity index (χ4n) is 3.60. The molecule has 3 aromatic rings. The minimum Gasteiger partial charge on any atom is -0.379 e. The van der Waals surface area contributed by atoms with Crippen LogP contribution in [-0.4, -0.2) is 25.5 Å².